The zero-order valence-electron chi connectivity index (χ0n) is 14.1. The lowest BCUT2D eigenvalue weighted by atomic mass is 9.97. The first kappa shape index (κ1) is 16.9. The highest BCUT2D eigenvalue weighted by atomic mass is 32.1. The van der Waals surface area contributed by atoms with Crippen molar-refractivity contribution < 1.29 is 13.7 Å². The largest absolute Gasteiger partial charge is 0.342 e. The van der Waals surface area contributed by atoms with Gasteiger partial charge in [0.1, 0.15) is 5.82 Å². The number of benzene rings is 1. The van der Waals surface area contributed by atoms with Crippen LogP contribution in [0.4, 0.5) is 4.39 Å². The van der Waals surface area contributed by atoms with Gasteiger partial charge in [0.15, 0.2) is 0 Å². The van der Waals surface area contributed by atoms with Crippen molar-refractivity contribution in [2.24, 2.45) is 0 Å². The van der Waals surface area contributed by atoms with Gasteiger partial charge in [0.25, 0.3) is 0 Å². The maximum absolute atomic E-state index is 13.1. The molecule has 1 aromatic carbocycles. The predicted molar refractivity (Wildman–Crippen MR) is 96.3 cm³/mol. The van der Waals surface area contributed by atoms with Crippen LogP contribution in [0.5, 0.6) is 0 Å². The van der Waals surface area contributed by atoms with Gasteiger partial charge in [-0.05, 0) is 48.6 Å². The molecule has 3 aromatic rings. The van der Waals surface area contributed by atoms with Crippen molar-refractivity contribution in [2.45, 2.75) is 25.2 Å². The highest BCUT2D eigenvalue weighted by Crippen LogP contribution is 2.28. The van der Waals surface area contributed by atoms with E-state index in [9.17, 15) is 9.18 Å². The Bertz CT molecular complexity index is 877. The summed E-state index contributed by atoms with van der Waals surface area (Å²) in [4.78, 5) is 20.0. The van der Waals surface area contributed by atoms with E-state index in [1.54, 1.807) is 23.5 Å². The number of aromatic nitrogens is 2. The van der Waals surface area contributed by atoms with Crippen LogP contribution in [-0.4, -0.2) is 34.0 Å². The molecular weight excluding hydrogens is 353 g/mol. The Balaban J connectivity index is 1.44. The average Bonchev–Trinajstić information content (AvgIpc) is 3.34. The maximum atomic E-state index is 13.1. The van der Waals surface area contributed by atoms with Crippen LogP contribution in [0.2, 0.25) is 0 Å². The standard InChI is InChI=1S/C19H18FN3O2S/c20-15-7-5-13(6-8-15)18-21-19(25-22-18)14-3-1-9-23(12-14)17(24)11-16-4-2-10-26-16/h2,4-8,10,14H,1,3,9,11-12H2/t14-/m1/s1. The van der Waals surface area contributed by atoms with Crippen LogP contribution in [0, 0.1) is 5.82 Å². The molecule has 1 aliphatic rings. The summed E-state index contributed by atoms with van der Waals surface area (Å²) < 4.78 is 18.5. The molecule has 2 aromatic heterocycles. The fourth-order valence-electron chi connectivity index (χ4n) is 3.20. The number of hydrogen-bond acceptors (Lipinski definition) is 5. The molecule has 0 bridgehead atoms. The molecule has 0 N–H and O–H groups in total. The van der Waals surface area contributed by atoms with Crippen LogP contribution in [0.1, 0.15) is 29.5 Å². The summed E-state index contributed by atoms with van der Waals surface area (Å²) in [5.41, 5.74) is 0.711. The van der Waals surface area contributed by atoms with Crippen molar-refractivity contribution >= 4 is 17.2 Å². The highest BCUT2D eigenvalue weighted by Gasteiger charge is 2.28. The summed E-state index contributed by atoms with van der Waals surface area (Å²) in [6.07, 6.45) is 2.26. The molecule has 1 aliphatic heterocycles. The molecule has 7 heteroatoms. The predicted octanol–water partition coefficient (Wildman–Crippen LogP) is 3.89. The first-order valence-electron chi connectivity index (χ1n) is 8.59. The van der Waals surface area contributed by atoms with Gasteiger partial charge in [-0.15, -0.1) is 11.3 Å². The van der Waals surface area contributed by atoms with E-state index >= 15 is 0 Å². The number of nitrogens with zero attached hydrogens (tertiary/aromatic N) is 3. The molecule has 1 atom stereocenters. The van der Waals surface area contributed by atoms with Gasteiger partial charge in [-0.3, -0.25) is 4.79 Å². The SMILES string of the molecule is O=C(Cc1cccs1)N1CCC[C@@H](c2nc(-c3ccc(F)cc3)no2)C1. The molecule has 134 valence electrons. The summed E-state index contributed by atoms with van der Waals surface area (Å²) in [5.74, 6) is 0.859. The van der Waals surface area contributed by atoms with Crippen molar-refractivity contribution in [3.63, 3.8) is 0 Å². The highest BCUT2D eigenvalue weighted by molar-refractivity contribution is 7.10. The Morgan fingerprint density at radius 1 is 1.31 bits per heavy atom. The molecule has 1 saturated heterocycles. The molecule has 0 unspecified atom stereocenters. The number of hydrogen-bond donors (Lipinski definition) is 0. The first-order valence-corrected chi connectivity index (χ1v) is 9.47. The van der Waals surface area contributed by atoms with Crippen molar-refractivity contribution in [2.75, 3.05) is 13.1 Å². The van der Waals surface area contributed by atoms with Gasteiger partial charge >= 0.3 is 0 Å². The van der Waals surface area contributed by atoms with Crippen LogP contribution >= 0.6 is 11.3 Å². The topological polar surface area (TPSA) is 59.2 Å². The molecule has 26 heavy (non-hydrogen) atoms. The molecule has 3 heterocycles. The van der Waals surface area contributed by atoms with E-state index in [4.69, 9.17) is 4.52 Å². The van der Waals surface area contributed by atoms with Crippen molar-refractivity contribution in [3.8, 4) is 11.4 Å². The third kappa shape index (κ3) is 3.67. The number of carbonyl (C=O) groups excluding carboxylic acids is 1. The van der Waals surface area contributed by atoms with E-state index in [-0.39, 0.29) is 17.6 Å². The molecule has 4 rings (SSSR count). The second kappa shape index (κ2) is 7.37. The van der Waals surface area contributed by atoms with E-state index in [1.165, 1.54) is 12.1 Å². The fourth-order valence-corrected chi connectivity index (χ4v) is 3.89. The summed E-state index contributed by atoms with van der Waals surface area (Å²) in [6.45, 7) is 1.36. The summed E-state index contributed by atoms with van der Waals surface area (Å²) in [7, 11) is 0. The number of halogens is 1. The second-order valence-corrected chi connectivity index (χ2v) is 7.43. The maximum Gasteiger partial charge on any atom is 0.231 e. The van der Waals surface area contributed by atoms with Gasteiger partial charge in [-0.25, -0.2) is 4.39 Å². The van der Waals surface area contributed by atoms with Gasteiger partial charge in [-0.1, -0.05) is 11.2 Å². The minimum atomic E-state index is -0.301. The lowest BCUT2D eigenvalue weighted by Gasteiger charge is -2.31. The quantitative estimate of drug-likeness (QED) is 0.698. The van der Waals surface area contributed by atoms with E-state index in [0.717, 1.165) is 24.3 Å². The number of carbonyl (C=O) groups is 1. The minimum Gasteiger partial charge on any atom is -0.342 e. The van der Waals surface area contributed by atoms with Gasteiger partial charge < -0.3 is 9.42 Å². The molecule has 1 amide bonds. The Hall–Kier alpha value is -2.54. The molecule has 0 radical (unpaired) electrons. The third-order valence-electron chi connectivity index (χ3n) is 4.57. The summed E-state index contributed by atoms with van der Waals surface area (Å²) in [6, 6.07) is 9.94. The fraction of sp³-hybridized carbons (Fsp3) is 0.316. The number of amides is 1. The number of rotatable bonds is 4. The van der Waals surface area contributed by atoms with Gasteiger partial charge in [-0.2, -0.15) is 4.98 Å². The summed E-state index contributed by atoms with van der Waals surface area (Å²) >= 11 is 1.60. The Morgan fingerprint density at radius 3 is 2.92 bits per heavy atom. The lowest BCUT2D eigenvalue weighted by molar-refractivity contribution is -0.131. The Labute approximate surface area is 154 Å². The molecule has 0 saturated carbocycles. The molecular formula is C19H18FN3O2S. The average molecular weight is 371 g/mol. The van der Waals surface area contributed by atoms with Crippen molar-refractivity contribution in [1.82, 2.24) is 15.0 Å². The van der Waals surface area contributed by atoms with Gasteiger partial charge in [0.05, 0.1) is 12.3 Å². The van der Waals surface area contributed by atoms with Crippen LogP contribution in [0.15, 0.2) is 46.3 Å². The Kier molecular flexibility index (Phi) is 4.79. The summed E-state index contributed by atoms with van der Waals surface area (Å²) in [5, 5.41) is 5.99. The van der Waals surface area contributed by atoms with E-state index in [0.29, 0.717) is 30.2 Å². The zero-order chi connectivity index (χ0) is 17.9. The smallest absolute Gasteiger partial charge is 0.231 e. The van der Waals surface area contributed by atoms with Crippen molar-refractivity contribution in [3.05, 3.63) is 58.4 Å². The molecule has 0 spiro atoms. The number of likely N-dealkylation sites (tertiary alicyclic amines) is 1. The van der Waals surface area contributed by atoms with E-state index in [1.807, 2.05) is 22.4 Å². The second-order valence-electron chi connectivity index (χ2n) is 6.40. The van der Waals surface area contributed by atoms with Crippen LogP contribution in [0.25, 0.3) is 11.4 Å². The normalized spacial score (nSPS) is 17.4. The zero-order valence-corrected chi connectivity index (χ0v) is 14.9. The van der Waals surface area contributed by atoms with Crippen LogP contribution < -0.4 is 0 Å². The van der Waals surface area contributed by atoms with Crippen molar-refractivity contribution in [1.29, 1.82) is 0 Å². The number of piperidine rings is 1. The Morgan fingerprint density at radius 2 is 2.15 bits per heavy atom. The monoisotopic (exact) mass is 371 g/mol. The molecule has 1 fully saturated rings. The van der Waals surface area contributed by atoms with Crippen LogP contribution in [0.3, 0.4) is 0 Å². The lowest BCUT2D eigenvalue weighted by Crippen LogP contribution is -2.39. The van der Waals surface area contributed by atoms with E-state index in [2.05, 4.69) is 10.1 Å². The van der Waals surface area contributed by atoms with Crippen LogP contribution in [-0.2, 0) is 11.2 Å². The third-order valence-corrected chi connectivity index (χ3v) is 5.45. The van der Waals surface area contributed by atoms with Gasteiger partial charge in [0, 0.05) is 23.5 Å². The first-order chi connectivity index (χ1) is 12.7. The molecule has 0 aliphatic carbocycles. The number of thiophene rings is 1. The minimum absolute atomic E-state index is 0.0396. The van der Waals surface area contributed by atoms with E-state index < -0.39 is 0 Å². The van der Waals surface area contributed by atoms with Gasteiger partial charge in [0.2, 0.25) is 17.6 Å². The molecule has 5 nitrogen and oxygen atoms in total.